The summed E-state index contributed by atoms with van der Waals surface area (Å²) in [6.07, 6.45) is 0.654. The van der Waals surface area contributed by atoms with E-state index in [-0.39, 0.29) is 18.4 Å². The maximum atomic E-state index is 11.9. The molecule has 2 atom stereocenters. The molecule has 1 aromatic carbocycles. The summed E-state index contributed by atoms with van der Waals surface area (Å²) in [7, 11) is 1.34. The third kappa shape index (κ3) is 1.82. The fourth-order valence-corrected chi connectivity index (χ4v) is 2.63. The number of carbonyl (C=O) groups is 2. The highest BCUT2D eigenvalue weighted by molar-refractivity contribution is 5.87. The number of hydrogen-bond donors (Lipinski definition) is 0. The van der Waals surface area contributed by atoms with Crippen molar-refractivity contribution in [1.29, 1.82) is 0 Å². The summed E-state index contributed by atoms with van der Waals surface area (Å²) in [4.78, 5) is 23.6. The summed E-state index contributed by atoms with van der Waals surface area (Å²) in [6.45, 7) is 3.77. The molecule has 0 aliphatic carbocycles. The van der Waals surface area contributed by atoms with E-state index in [2.05, 4.69) is 0 Å². The second-order valence-corrected chi connectivity index (χ2v) is 5.02. The molecular weight excluding hydrogens is 244 g/mol. The van der Waals surface area contributed by atoms with Crippen LogP contribution in [0.15, 0.2) is 30.3 Å². The van der Waals surface area contributed by atoms with Crippen molar-refractivity contribution in [3.63, 3.8) is 0 Å². The van der Waals surface area contributed by atoms with Crippen LogP contribution in [0.4, 0.5) is 0 Å². The van der Waals surface area contributed by atoms with Gasteiger partial charge in [-0.25, -0.2) is 0 Å². The molecule has 0 amide bonds. The largest absolute Gasteiger partial charge is 0.469 e. The van der Waals surface area contributed by atoms with Crippen LogP contribution < -0.4 is 0 Å². The van der Waals surface area contributed by atoms with Gasteiger partial charge in [0.2, 0.25) is 0 Å². The maximum Gasteiger partial charge on any atom is 0.317 e. The zero-order chi connectivity index (χ0) is 14.1. The number of hydrogen-bond acceptors (Lipinski definition) is 4. The Morgan fingerprint density at radius 3 is 2.42 bits per heavy atom. The first-order valence-corrected chi connectivity index (χ1v) is 6.36. The van der Waals surface area contributed by atoms with E-state index in [0.717, 1.165) is 5.56 Å². The molecule has 4 heteroatoms. The lowest BCUT2D eigenvalue weighted by Gasteiger charge is -2.54. The molecule has 0 saturated carbocycles. The van der Waals surface area contributed by atoms with E-state index < -0.39 is 11.0 Å². The zero-order valence-corrected chi connectivity index (χ0v) is 11.4. The summed E-state index contributed by atoms with van der Waals surface area (Å²) in [5.74, 6) is -0.640. The number of esters is 2. The normalized spacial score (nSPS) is 29.3. The molecular formula is C15H18O4. The average molecular weight is 262 g/mol. The number of methoxy groups -OCH3 is 1. The van der Waals surface area contributed by atoms with E-state index >= 15 is 0 Å². The molecule has 1 aromatic rings. The lowest BCUT2D eigenvalue weighted by atomic mass is 9.62. The van der Waals surface area contributed by atoms with Gasteiger partial charge in [0.1, 0.15) is 5.41 Å². The van der Waals surface area contributed by atoms with Crippen LogP contribution in [0.2, 0.25) is 0 Å². The molecule has 0 aromatic heterocycles. The van der Waals surface area contributed by atoms with Crippen LogP contribution in [0.1, 0.15) is 32.3 Å². The van der Waals surface area contributed by atoms with Crippen molar-refractivity contribution >= 4 is 11.9 Å². The third-order valence-corrected chi connectivity index (χ3v) is 4.18. The minimum atomic E-state index is -0.910. The Bertz CT molecular complexity index is 496. The van der Waals surface area contributed by atoms with Crippen molar-refractivity contribution in [2.45, 2.75) is 32.3 Å². The first kappa shape index (κ1) is 13.6. The zero-order valence-electron chi connectivity index (χ0n) is 11.4. The Balaban J connectivity index is 2.47. The minimum Gasteiger partial charge on any atom is -0.469 e. The number of benzene rings is 1. The SMILES string of the molecule is CCC1(C)C(=O)OC1(CC(=O)OC)c1ccccc1. The molecule has 4 nitrogen and oxygen atoms in total. The van der Waals surface area contributed by atoms with Gasteiger partial charge in [-0.15, -0.1) is 0 Å². The highest BCUT2D eigenvalue weighted by atomic mass is 16.6. The van der Waals surface area contributed by atoms with Crippen LogP contribution in [-0.2, 0) is 24.7 Å². The Hall–Kier alpha value is -1.84. The van der Waals surface area contributed by atoms with Crippen molar-refractivity contribution in [2.24, 2.45) is 5.41 Å². The molecule has 2 unspecified atom stereocenters. The van der Waals surface area contributed by atoms with Crippen molar-refractivity contribution in [1.82, 2.24) is 0 Å². The predicted octanol–water partition coefficient (Wildman–Crippen LogP) is 2.42. The van der Waals surface area contributed by atoms with E-state index in [9.17, 15) is 9.59 Å². The van der Waals surface area contributed by atoms with Crippen molar-refractivity contribution in [3.05, 3.63) is 35.9 Å². The fraction of sp³-hybridized carbons (Fsp3) is 0.467. The maximum absolute atomic E-state index is 11.9. The third-order valence-electron chi connectivity index (χ3n) is 4.18. The number of carbonyl (C=O) groups excluding carboxylic acids is 2. The molecule has 19 heavy (non-hydrogen) atoms. The molecule has 102 valence electrons. The van der Waals surface area contributed by atoms with Crippen LogP contribution in [-0.4, -0.2) is 19.0 Å². The average Bonchev–Trinajstić information content (AvgIpc) is 2.46. The molecule has 0 spiro atoms. The van der Waals surface area contributed by atoms with Gasteiger partial charge in [-0.2, -0.15) is 0 Å². The van der Waals surface area contributed by atoms with Gasteiger partial charge in [0.25, 0.3) is 0 Å². The summed E-state index contributed by atoms with van der Waals surface area (Å²) < 4.78 is 10.2. The highest BCUT2D eigenvalue weighted by Crippen LogP contribution is 2.57. The Morgan fingerprint density at radius 2 is 1.95 bits per heavy atom. The van der Waals surface area contributed by atoms with Crippen molar-refractivity contribution in [3.8, 4) is 0 Å². The van der Waals surface area contributed by atoms with Crippen molar-refractivity contribution in [2.75, 3.05) is 7.11 Å². The topological polar surface area (TPSA) is 52.6 Å². The Kier molecular flexibility index (Phi) is 3.35. The first-order valence-electron chi connectivity index (χ1n) is 6.36. The van der Waals surface area contributed by atoms with Crippen LogP contribution >= 0.6 is 0 Å². The first-order chi connectivity index (χ1) is 9.00. The molecule has 1 aliphatic rings. The highest BCUT2D eigenvalue weighted by Gasteiger charge is 2.66. The number of ether oxygens (including phenoxy) is 2. The molecule has 1 fully saturated rings. The Morgan fingerprint density at radius 1 is 1.32 bits per heavy atom. The lowest BCUT2D eigenvalue weighted by molar-refractivity contribution is -0.248. The smallest absolute Gasteiger partial charge is 0.317 e. The predicted molar refractivity (Wildman–Crippen MR) is 69.2 cm³/mol. The molecule has 2 rings (SSSR count). The molecule has 0 radical (unpaired) electrons. The monoisotopic (exact) mass is 262 g/mol. The standard InChI is InChI=1S/C15H18O4/c1-4-14(2)13(17)19-15(14,10-12(16)18-3)11-8-6-5-7-9-11/h5-9H,4,10H2,1-3H3. The van der Waals surface area contributed by atoms with Crippen LogP contribution in [0.3, 0.4) is 0 Å². The molecule has 1 aliphatic heterocycles. The summed E-state index contributed by atoms with van der Waals surface area (Å²) in [5.41, 5.74) is -0.764. The second-order valence-electron chi connectivity index (χ2n) is 5.02. The van der Waals surface area contributed by atoms with Gasteiger partial charge in [-0.05, 0) is 18.9 Å². The lowest BCUT2D eigenvalue weighted by Crippen LogP contribution is -2.63. The van der Waals surface area contributed by atoms with Crippen LogP contribution in [0, 0.1) is 5.41 Å². The number of cyclic esters (lactones) is 1. The Labute approximate surface area is 112 Å². The van der Waals surface area contributed by atoms with Gasteiger partial charge < -0.3 is 9.47 Å². The second kappa shape index (κ2) is 4.68. The van der Waals surface area contributed by atoms with Gasteiger partial charge in [0.05, 0.1) is 13.5 Å². The molecule has 1 heterocycles. The van der Waals surface area contributed by atoms with Crippen LogP contribution in [0.25, 0.3) is 0 Å². The van der Waals surface area contributed by atoms with E-state index in [4.69, 9.17) is 9.47 Å². The van der Waals surface area contributed by atoms with Gasteiger partial charge in [-0.1, -0.05) is 37.3 Å². The molecule has 1 saturated heterocycles. The van der Waals surface area contributed by atoms with E-state index in [1.54, 1.807) is 0 Å². The molecule has 0 bridgehead atoms. The van der Waals surface area contributed by atoms with Gasteiger partial charge in [0.15, 0.2) is 5.60 Å². The minimum absolute atomic E-state index is 0.0452. The van der Waals surface area contributed by atoms with Gasteiger partial charge in [-0.3, -0.25) is 9.59 Å². The van der Waals surface area contributed by atoms with E-state index in [1.807, 2.05) is 44.2 Å². The summed E-state index contributed by atoms with van der Waals surface area (Å²) >= 11 is 0. The van der Waals surface area contributed by atoms with Crippen LogP contribution in [0.5, 0.6) is 0 Å². The fourth-order valence-electron chi connectivity index (χ4n) is 2.63. The van der Waals surface area contributed by atoms with Gasteiger partial charge >= 0.3 is 11.9 Å². The quantitative estimate of drug-likeness (QED) is 0.782. The summed E-state index contributed by atoms with van der Waals surface area (Å²) in [5, 5.41) is 0. The molecule has 0 N–H and O–H groups in total. The van der Waals surface area contributed by atoms with Gasteiger partial charge in [0, 0.05) is 0 Å². The van der Waals surface area contributed by atoms with E-state index in [1.165, 1.54) is 7.11 Å². The van der Waals surface area contributed by atoms with Crippen molar-refractivity contribution < 1.29 is 19.1 Å². The number of rotatable bonds is 4. The summed E-state index contributed by atoms with van der Waals surface area (Å²) in [6, 6.07) is 9.39. The van der Waals surface area contributed by atoms with E-state index in [0.29, 0.717) is 6.42 Å².